The van der Waals surface area contributed by atoms with Crippen molar-refractivity contribution in [2.45, 2.75) is 0 Å². The number of guanidine groups is 2. The van der Waals surface area contributed by atoms with Crippen LogP contribution in [0.2, 0.25) is 0 Å². The van der Waals surface area contributed by atoms with E-state index in [2.05, 4.69) is 4.99 Å². The molecule has 9 nitrogen and oxygen atoms in total. The zero-order valence-electron chi connectivity index (χ0n) is 8.71. The molecule has 0 bridgehead atoms. The molecule has 0 fully saturated rings. The van der Waals surface area contributed by atoms with Crippen molar-refractivity contribution in [3.05, 3.63) is 0 Å². The minimum atomic E-state index is -4.89. The van der Waals surface area contributed by atoms with Crippen molar-refractivity contribution in [2.24, 2.45) is 16.5 Å². The maximum Gasteiger partial charge on any atom is 1.00 e. The molecule has 0 rings (SSSR count). The normalized spacial score (nSPS) is 8.87. The molecule has 0 atom stereocenters. The third kappa shape index (κ3) is 31.6. The van der Waals surface area contributed by atoms with Crippen molar-refractivity contribution >= 4 is 19.7 Å². The topological polar surface area (TPSA) is 172 Å². The Bertz CT molecular complexity index is 251. The predicted molar refractivity (Wildman–Crippen MR) is 49.3 cm³/mol. The number of hydrogen-bond acceptors (Lipinski definition) is 3. The van der Waals surface area contributed by atoms with Crippen LogP contribution >= 0.6 is 7.82 Å². The molecular weight excluding hydrogens is 236 g/mol. The summed E-state index contributed by atoms with van der Waals surface area (Å²) in [6, 6.07) is 0. The molecular formula is C4H13N5NaO4P. The maximum atomic E-state index is 8.77. The van der Waals surface area contributed by atoms with E-state index in [1.807, 2.05) is 0 Å². The zero-order valence-corrected chi connectivity index (χ0v) is 11.6. The van der Waals surface area contributed by atoms with Crippen molar-refractivity contribution in [1.82, 2.24) is 4.90 Å². The van der Waals surface area contributed by atoms with Gasteiger partial charge in [0.15, 0.2) is 5.96 Å². The summed E-state index contributed by atoms with van der Waals surface area (Å²) in [5.74, 6) is -0.0382. The first kappa shape index (κ1) is 20.3. The van der Waals surface area contributed by atoms with Gasteiger partial charge in [-0.2, -0.15) is 4.99 Å². The molecule has 0 aliphatic heterocycles. The molecule has 0 aliphatic carbocycles. The second-order valence-corrected chi connectivity index (χ2v) is 3.23. The van der Waals surface area contributed by atoms with E-state index in [-0.39, 0.29) is 41.5 Å². The van der Waals surface area contributed by atoms with Crippen LogP contribution < -0.4 is 45.9 Å². The van der Waals surface area contributed by atoms with E-state index >= 15 is 0 Å². The number of hydrogen-bond donors (Lipinski definition) is 5. The van der Waals surface area contributed by atoms with Crippen molar-refractivity contribution in [3.63, 3.8) is 0 Å². The van der Waals surface area contributed by atoms with Gasteiger partial charge in [0.25, 0.3) is 7.82 Å². The summed E-state index contributed by atoms with van der Waals surface area (Å²) in [7, 11) is -1.51. The molecule has 0 aromatic rings. The molecule has 0 aromatic carbocycles. The molecule has 0 saturated heterocycles. The Morgan fingerprint density at radius 3 is 1.80 bits per heavy atom. The van der Waals surface area contributed by atoms with Crippen LogP contribution in [0.15, 0.2) is 4.99 Å². The molecule has 0 saturated carbocycles. The van der Waals surface area contributed by atoms with Gasteiger partial charge in [0, 0.05) is 14.1 Å². The molecule has 0 heterocycles. The predicted octanol–water partition coefficient (Wildman–Crippen LogP) is -5.80. The Balaban J connectivity index is -0.000000208. The van der Waals surface area contributed by atoms with Gasteiger partial charge >= 0.3 is 29.6 Å². The molecule has 0 amide bonds. The van der Waals surface area contributed by atoms with Gasteiger partial charge in [-0.05, 0) is 0 Å². The zero-order chi connectivity index (χ0) is 11.9. The van der Waals surface area contributed by atoms with Gasteiger partial charge in [-0.25, -0.2) is 0 Å². The van der Waals surface area contributed by atoms with Crippen LogP contribution in [-0.2, 0) is 4.57 Å². The number of nitrogens with one attached hydrogen (secondary N) is 1. The van der Waals surface area contributed by atoms with Gasteiger partial charge in [-0.15, -0.1) is 0 Å². The number of phosphoric acid groups is 1. The van der Waals surface area contributed by atoms with Crippen LogP contribution in [-0.4, -0.2) is 40.7 Å². The van der Waals surface area contributed by atoms with Gasteiger partial charge in [0.05, 0.1) is 0 Å². The van der Waals surface area contributed by atoms with Crippen LogP contribution in [0.4, 0.5) is 0 Å². The number of nitrogens with zero attached hydrogens (tertiary/aromatic N) is 2. The molecule has 11 heteroatoms. The molecule has 84 valence electrons. The minimum Gasteiger partial charge on any atom is -0.756 e. The van der Waals surface area contributed by atoms with Gasteiger partial charge < -0.3 is 31.0 Å². The fraction of sp³-hybridized carbons (Fsp3) is 0.500. The standard InChI is InChI=1S/C4H11N5.Na.H3O4P/c1-9(2)4(7)8-3(5)6;;1-5(2,3)4/h1-2H3,(H5,5,6,7,8);;(H3,1,2,3,4)/q;+1;/p-1. The van der Waals surface area contributed by atoms with E-state index in [9.17, 15) is 0 Å². The minimum absolute atomic E-state index is 0. The van der Waals surface area contributed by atoms with E-state index in [0.717, 1.165) is 0 Å². The van der Waals surface area contributed by atoms with Crippen molar-refractivity contribution in [3.8, 4) is 0 Å². The Morgan fingerprint density at radius 1 is 1.47 bits per heavy atom. The molecule has 0 radical (unpaired) electrons. The first-order valence-electron chi connectivity index (χ1n) is 3.16. The van der Waals surface area contributed by atoms with Crippen LogP contribution in [0, 0.1) is 5.41 Å². The molecule has 15 heavy (non-hydrogen) atoms. The summed E-state index contributed by atoms with van der Waals surface area (Å²) < 4.78 is 8.77. The first-order valence-corrected chi connectivity index (χ1v) is 4.69. The van der Waals surface area contributed by atoms with E-state index in [0.29, 0.717) is 0 Å². The molecule has 0 aromatic heterocycles. The van der Waals surface area contributed by atoms with Crippen molar-refractivity contribution in [1.29, 1.82) is 5.41 Å². The smallest absolute Gasteiger partial charge is 0.756 e. The summed E-state index contributed by atoms with van der Waals surface area (Å²) >= 11 is 0. The second-order valence-electron chi connectivity index (χ2n) is 2.25. The van der Waals surface area contributed by atoms with E-state index in [1.165, 1.54) is 4.90 Å². The summed E-state index contributed by atoms with van der Waals surface area (Å²) in [5, 5.41) is 7.05. The van der Waals surface area contributed by atoms with Crippen molar-refractivity contribution in [2.75, 3.05) is 14.1 Å². The van der Waals surface area contributed by atoms with Gasteiger partial charge in [0.1, 0.15) is 0 Å². The van der Waals surface area contributed by atoms with Gasteiger partial charge in [-0.3, -0.25) is 9.97 Å². The van der Waals surface area contributed by atoms with Crippen LogP contribution in [0.5, 0.6) is 0 Å². The number of nitrogens with two attached hydrogens (primary N) is 2. The largest absolute Gasteiger partial charge is 1.00 e. The average molecular weight is 249 g/mol. The Labute approximate surface area is 109 Å². The SMILES string of the molecule is CN(C)C(=N)N=C(N)N.O=P([O-])(O)O.[Na+]. The maximum absolute atomic E-state index is 8.77. The number of aliphatic imine (C=N–C) groups is 1. The van der Waals surface area contributed by atoms with Crippen LogP contribution in [0.1, 0.15) is 0 Å². The molecule has 0 unspecified atom stereocenters. The second kappa shape index (κ2) is 9.10. The Morgan fingerprint density at radius 2 is 1.73 bits per heavy atom. The average Bonchev–Trinajstić information content (AvgIpc) is 1.80. The van der Waals surface area contributed by atoms with Crippen LogP contribution in [0.25, 0.3) is 0 Å². The van der Waals surface area contributed by atoms with Crippen LogP contribution in [0.3, 0.4) is 0 Å². The summed E-state index contributed by atoms with van der Waals surface area (Å²) in [4.78, 5) is 27.9. The third-order valence-electron chi connectivity index (χ3n) is 0.659. The quantitative estimate of drug-likeness (QED) is 0.123. The van der Waals surface area contributed by atoms with E-state index < -0.39 is 7.82 Å². The van der Waals surface area contributed by atoms with Gasteiger partial charge in [-0.1, -0.05) is 0 Å². The Hall–Kier alpha value is -0.150. The Kier molecular flexibility index (Phi) is 12.3. The fourth-order valence-electron chi connectivity index (χ4n) is 0.222. The fourth-order valence-corrected chi connectivity index (χ4v) is 0.222. The summed E-state index contributed by atoms with van der Waals surface area (Å²) in [6.45, 7) is 0. The number of rotatable bonds is 0. The monoisotopic (exact) mass is 249 g/mol. The van der Waals surface area contributed by atoms with Gasteiger partial charge in [0.2, 0.25) is 5.96 Å². The van der Waals surface area contributed by atoms with E-state index in [1.54, 1.807) is 14.1 Å². The molecule has 0 aliphatic rings. The third-order valence-corrected chi connectivity index (χ3v) is 0.659. The van der Waals surface area contributed by atoms with Crippen molar-refractivity contribution < 1.29 is 48.8 Å². The first-order chi connectivity index (χ1) is 6.04. The summed E-state index contributed by atoms with van der Waals surface area (Å²) in [5.41, 5.74) is 9.98. The summed E-state index contributed by atoms with van der Waals surface area (Å²) in [6.07, 6.45) is 0. The van der Waals surface area contributed by atoms with E-state index in [4.69, 9.17) is 36.1 Å². The molecule has 0 spiro atoms. The molecule has 7 N–H and O–H groups in total.